The number of aryl methyl sites for hydroxylation is 2. The number of hydrogen-bond donors (Lipinski definition) is 2. The minimum absolute atomic E-state index is 0.957. The Morgan fingerprint density at radius 3 is 1.15 bits per heavy atom. The van der Waals surface area contributed by atoms with Crippen molar-refractivity contribution in [2.45, 2.75) is 26.9 Å². The maximum atomic E-state index is 3.52. The maximum Gasteiger partial charge on any atom is 0.169 e. The molecular formula is C34H40N4S2+2. The van der Waals surface area contributed by atoms with Gasteiger partial charge in [0.15, 0.2) is 24.8 Å². The van der Waals surface area contributed by atoms with Crippen LogP contribution in [-0.4, -0.2) is 24.6 Å². The van der Waals surface area contributed by atoms with Gasteiger partial charge in [-0.3, -0.25) is 0 Å². The number of nitrogens with one attached hydrogen (secondary N) is 2. The van der Waals surface area contributed by atoms with Gasteiger partial charge in [0, 0.05) is 60.2 Å². The smallest absolute Gasteiger partial charge is 0.169 e. The first-order valence-electron chi connectivity index (χ1n) is 14.0. The molecule has 0 aliphatic carbocycles. The summed E-state index contributed by atoms with van der Waals surface area (Å²) in [6.45, 7) is 8.20. The first-order valence-corrected chi connectivity index (χ1v) is 16.5. The van der Waals surface area contributed by atoms with Gasteiger partial charge in [-0.2, -0.15) is 0 Å². The summed E-state index contributed by atoms with van der Waals surface area (Å²) >= 11 is 0. The Hall–Kier alpha value is -3.48. The predicted molar refractivity (Wildman–Crippen MR) is 177 cm³/mol. The van der Waals surface area contributed by atoms with Gasteiger partial charge in [-0.15, -0.1) is 0 Å². The highest BCUT2D eigenvalue weighted by atomic mass is 33.1. The molecule has 206 valence electrons. The lowest BCUT2D eigenvalue weighted by Gasteiger charge is -2.08. The van der Waals surface area contributed by atoms with E-state index < -0.39 is 0 Å². The Bertz CT molecular complexity index is 1220. The third-order valence-corrected chi connectivity index (χ3v) is 8.84. The lowest BCUT2D eigenvalue weighted by molar-refractivity contribution is -0.693. The van der Waals surface area contributed by atoms with Crippen LogP contribution in [0.3, 0.4) is 0 Å². The van der Waals surface area contributed by atoms with Gasteiger partial charge in [-0.1, -0.05) is 70.2 Å². The minimum Gasteiger partial charge on any atom is -0.384 e. The van der Waals surface area contributed by atoms with E-state index in [1.165, 1.54) is 33.6 Å². The molecule has 0 amide bonds. The normalized spacial score (nSPS) is 11.3. The van der Waals surface area contributed by atoms with Crippen molar-refractivity contribution in [2.75, 3.05) is 35.2 Å². The monoisotopic (exact) mass is 568 g/mol. The first kappa shape index (κ1) is 29.5. The molecule has 4 aromatic rings. The van der Waals surface area contributed by atoms with Crippen molar-refractivity contribution in [3.63, 3.8) is 0 Å². The molecule has 2 N–H and O–H groups in total. The van der Waals surface area contributed by atoms with Crippen LogP contribution in [0, 0.1) is 0 Å². The summed E-state index contributed by atoms with van der Waals surface area (Å²) in [7, 11) is 3.84. The van der Waals surface area contributed by atoms with E-state index in [9.17, 15) is 0 Å². The van der Waals surface area contributed by atoms with Crippen molar-refractivity contribution < 1.29 is 9.13 Å². The van der Waals surface area contributed by atoms with Crippen LogP contribution in [0.4, 0.5) is 11.4 Å². The summed E-state index contributed by atoms with van der Waals surface area (Å²) in [5.41, 5.74) is 7.17. The number of benzene rings is 2. The second-order valence-corrected chi connectivity index (χ2v) is 12.0. The number of hydrogen-bond acceptors (Lipinski definition) is 4. The van der Waals surface area contributed by atoms with Crippen LogP contribution in [0.25, 0.3) is 24.3 Å². The lowest BCUT2D eigenvalue weighted by Crippen LogP contribution is -2.30. The Morgan fingerprint density at radius 1 is 0.500 bits per heavy atom. The van der Waals surface area contributed by atoms with Gasteiger partial charge in [0.05, 0.1) is 0 Å². The SMILES string of the molecule is CC[n+]1ccc(/C=C/c2ccc(NCCSSCCNc3ccc(/C=C/c4cc[n+](CC)cc4)cc3)cc2)cc1. The van der Waals surface area contributed by atoms with E-state index in [4.69, 9.17) is 0 Å². The van der Waals surface area contributed by atoms with Crippen LogP contribution >= 0.6 is 21.6 Å². The van der Waals surface area contributed by atoms with Crippen molar-refractivity contribution in [1.29, 1.82) is 0 Å². The molecule has 2 heterocycles. The lowest BCUT2D eigenvalue weighted by atomic mass is 10.1. The van der Waals surface area contributed by atoms with Crippen LogP contribution in [-0.2, 0) is 13.1 Å². The fourth-order valence-electron chi connectivity index (χ4n) is 3.98. The van der Waals surface area contributed by atoms with Gasteiger partial charge in [-0.05, 0) is 60.4 Å². The van der Waals surface area contributed by atoms with E-state index in [1.54, 1.807) is 0 Å². The molecule has 0 radical (unpaired) electrons. The van der Waals surface area contributed by atoms with Crippen molar-refractivity contribution in [2.24, 2.45) is 0 Å². The second kappa shape index (κ2) is 16.6. The van der Waals surface area contributed by atoms with Gasteiger partial charge in [0.1, 0.15) is 13.1 Å². The van der Waals surface area contributed by atoms with Crippen LogP contribution in [0.5, 0.6) is 0 Å². The summed E-state index contributed by atoms with van der Waals surface area (Å²) in [6.07, 6.45) is 17.1. The van der Waals surface area contributed by atoms with E-state index in [-0.39, 0.29) is 0 Å². The van der Waals surface area contributed by atoms with Crippen LogP contribution in [0.1, 0.15) is 36.1 Å². The molecule has 6 heteroatoms. The number of nitrogens with zero attached hydrogens (tertiary/aromatic N) is 2. The van der Waals surface area contributed by atoms with Gasteiger partial charge >= 0.3 is 0 Å². The third-order valence-electron chi connectivity index (χ3n) is 6.43. The topological polar surface area (TPSA) is 31.8 Å². The molecule has 0 fully saturated rings. The molecule has 4 nitrogen and oxygen atoms in total. The highest BCUT2D eigenvalue weighted by Gasteiger charge is 1.98. The van der Waals surface area contributed by atoms with E-state index in [2.05, 4.69) is 156 Å². The minimum atomic E-state index is 0.957. The summed E-state index contributed by atoms with van der Waals surface area (Å²) < 4.78 is 4.33. The van der Waals surface area contributed by atoms with Gasteiger partial charge < -0.3 is 10.6 Å². The zero-order chi connectivity index (χ0) is 27.8. The van der Waals surface area contributed by atoms with E-state index >= 15 is 0 Å². The average molecular weight is 569 g/mol. The first-order chi connectivity index (χ1) is 19.7. The number of pyridine rings is 2. The molecule has 2 aromatic heterocycles. The largest absolute Gasteiger partial charge is 0.384 e. The Kier molecular flexibility index (Phi) is 12.2. The molecular weight excluding hydrogens is 529 g/mol. The van der Waals surface area contributed by atoms with Gasteiger partial charge in [0.2, 0.25) is 0 Å². The zero-order valence-corrected chi connectivity index (χ0v) is 25.1. The molecule has 0 saturated carbocycles. The molecule has 2 aromatic carbocycles. The highest BCUT2D eigenvalue weighted by molar-refractivity contribution is 8.76. The number of rotatable bonds is 15. The molecule has 0 aliphatic rings. The van der Waals surface area contributed by atoms with Gasteiger partial charge in [-0.25, -0.2) is 9.13 Å². The number of anilines is 2. The van der Waals surface area contributed by atoms with Crippen molar-refractivity contribution in [3.05, 3.63) is 120 Å². The molecule has 0 atom stereocenters. The van der Waals surface area contributed by atoms with Crippen LogP contribution in [0.2, 0.25) is 0 Å². The predicted octanol–water partition coefficient (Wildman–Crippen LogP) is 7.55. The maximum absolute atomic E-state index is 3.52. The fourth-order valence-corrected chi connectivity index (χ4v) is 5.80. The number of aromatic nitrogens is 2. The van der Waals surface area contributed by atoms with Crippen molar-refractivity contribution >= 4 is 57.3 Å². The Morgan fingerprint density at radius 2 is 0.825 bits per heavy atom. The van der Waals surface area contributed by atoms with Crippen LogP contribution in [0.15, 0.2) is 97.6 Å². The van der Waals surface area contributed by atoms with E-state index in [0.29, 0.717) is 0 Å². The average Bonchev–Trinajstić information content (AvgIpc) is 3.02. The summed E-state index contributed by atoms with van der Waals surface area (Å²) in [5, 5.41) is 7.05. The third kappa shape index (κ3) is 10.2. The molecule has 0 saturated heterocycles. The van der Waals surface area contributed by atoms with E-state index in [0.717, 1.165) is 37.7 Å². The summed E-state index contributed by atoms with van der Waals surface area (Å²) in [5.74, 6) is 2.14. The van der Waals surface area contributed by atoms with E-state index in [1.807, 2.05) is 21.6 Å². The Labute approximate surface area is 247 Å². The fraction of sp³-hybridized carbons (Fsp3) is 0.235. The van der Waals surface area contributed by atoms with Crippen LogP contribution < -0.4 is 19.8 Å². The van der Waals surface area contributed by atoms with Crippen molar-refractivity contribution in [1.82, 2.24) is 0 Å². The quantitative estimate of drug-likeness (QED) is 0.0881. The molecule has 0 aliphatic heterocycles. The second-order valence-electron chi connectivity index (χ2n) is 9.33. The molecule has 0 bridgehead atoms. The van der Waals surface area contributed by atoms with Crippen molar-refractivity contribution in [3.8, 4) is 0 Å². The molecule has 0 spiro atoms. The zero-order valence-electron chi connectivity index (χ0n) is 23.5. The molecule has 4 rings (SSSR count). The summed E-state index contributed by atoms with van der Waals surface area (Å²) in [4.78, 5) is 0. The van der Waals surface area contributed by atoms with Gasteiger partial charge in [0.25, 0.3) is 0 Å². The summed E-state index contributed by atoms with van der Waals surface area (Å²) in [6, 6.07) is 25.8. The Balaban J connectivity index is 1.06. The standard InChI is InChI=1S/C34H38N4S2/c1-3-37-23-17-31(18-24-37)7-5-29-9-13-33(14-10-29)35-21-27-39-40-28-22-36-34-15-11-30(12-16-34)6-8-32-19-25-38(4-2)26-20-32/h5-20,23-26H,3-4,21-22,27-28H2,1-2H3/p+2. The molecule has 40 heavy (non-hydrogen) atoms. The molecule has 0 unspecified atom stereocenters. The highest BCUT2D eigenvalue weighted by Crippen LogP contribution is 2.21.